The molecule has 3 aliphatic rings. The van der Waals surface area contributed by atoms with Crippen LogP contribution in [0.2, 0.25) is 0 Å². The summed E-state index contributed by atoms with van der Waals surface area (Å²) in [6, 6.07) is 8.64. The molecular weight excluding hydrogens is 457 g/mol. The minimum Gasteiger partial charge on any atom is -0.445 e. The third kappa shape index (κ3) is 7.49. The number of hydrogen-bond acceptors (Lipinski definition) is 4. The van der Waals surface area contributed by atoms with E-state index in [0.29, 0.717) is 6.54 Å². The van der Waals surface area contributed by atoms with Crippen molar-refractivity contribution in [3.05, 3.63) is 93.7 Å². The largest absolute Gasteiger partial charge is 2.00 e. The van der Waals surface area contributed by atoms with Gasteiger partial charge in [0.25, 0.3) is 0 Å². The van der Waals surface area contributed by atoms with Crippen molar-refractivity contribution < 1.29 is 35.9 Å². The Labute approximate surface area is 211 Å². The van der Waals surface area contributed by atoms with E-state index in [0.717, 1.165) is 17.1 Å². The van der Waals surface area contributed by atoms with Crippen molar-refractivity contribution in [1.82, 2.24) is 4.90 Å². The number of ether oxygens (including phenoxy) is 1. The van der Waals surface area contributed by atoms with Gasteiger partial charge in [0.2, 0.25) is 0 Å². The summed E-state index contributed by atoms with van der Waals surface area (Å²) in [5.41, 5.74) is 1.14. The first-order chi connectivity index (χ1) is 15.2. The summed E-state index contributed by atoms with van der Waals surface area (Å²) in [4.78, 5) is 13.9. The fourth-order valence-corrected chi connectivity index (χ4v) is 3.25. The zero-order valence-electron chi connectivity index (χ0n) is 19.9. The first-order valence-corrected chi connectivity index (χ1v) is 11.0. The molecule has 2 saturated carbocycles. The van der Waals surface area contributed by atoms with Gasteiger partial charge in [-0.3, -0.25) is 4.90 Å². The number of nitrogens with zero attached hydrogens (tertiary/aromatic N) is 1. The van der Waals surface area contributed by atoms with Gasteiger partial charge in [-0.2, -0.15) is 0 Å². The van der Waals surface area contributed by atoms with Crippen LogP contribution in [0.3, 0.4) is 0 Å². The third-order valence-electron chi connectivity index (χ3n) is 5.92. The van der Waals surface area contributed by atoms with Crippen molar-refractivity contribution >= 4 is 18.7 Å². The van der Waals surface area contributed by atoms with Gasteiger partial charge in [-0.1, -0.05) is 24.3 Å². The molecule has 1 aromatic rings. The molecule has 0 spiro atoms. The van der Waals surface area contributed by atoms with Crippen LogP contribution in [-0.2, 0) is 37.7 Å². The molecule has 1 amide bonds. The third-order valence-corrected chi connectivity index (χ3v) is 5.92. The van der Waals surface area contributed by atoms with Crippen LogP contribution >= 0.6 is 0 Å². The number of benzene rings is 1. The molecular formula is C26H32BFeNO4+2. The van der Waals surface area contributed by atoms with Gasteiger partial charge >= 0.3 is 30.3 Å². The molecule has 174 valence electrons. The molecule has 1 aromatic carbocycles. The predicted molar refractivity (Wildman–Crippen MR) is 127 cm³/mol. The van der Waals surface area contributed by atoms with Crippen LogP contribution in [0.25, 0.3) is 0 Å². The first kappa shape index (κ1) is 28.2. The fourth-order valence-electron chi connectivity index (χ4n) is 3.25. The number of carbonyl (C=O) groups excluding carboxylic acids is 1. The Morgan fingerprint density at radius 1 is 0.879 bits per heavy atom. The van der Waals surface area contributed by atoms with Crippen molar-refractivity contribution in [2.75, 3.05) is 6.54 Å². The molecule has 5 nitrogen and oxygen atoms in total. The molecule has 10 radical (unpaired) electrons. The summed E-state index contributed by atoms with van der Waals surface area (Å²) < 4.78 is 17.6. The maximum Gasteiger partial charge on any atom is 2.00 e. The Morgan fingerprint density at radius 3 is 1.82 bits per heavy atom. The Balaban J connectivity index is 0.000000568. The van der Waals surface area contributed by atoms with Gasteiger partial charge in [-0.05, 0) is 103 Å². The Hall–Kier alpha value is -1.01. The predicted octanol–water partition coefficient (Wildman–Crippen LogP) is 4.33. The van der Waals surface area contributed by atoms with Crippen molar-refractivity contribution in [3.8, 4) is 0 Å². The molecule has 0 unspecified atom stereocenters. The maximum atomic E-state index is 12.3. The molecule has 2 aliphatic carbocycles. The van der Waals surface area contributed by atoms with Crippen LogP contribution < -0.4 is 5.46 Å². The average molecular weight is 489 g/mol. The van der Waals surface area contributed by atoms with Crippen molar-refractivity contribution in [2.45, 2.75) is 52.4 Å². The van der Waals surface area contributed by atoms with Crippen molar-refractivity contribution in [3.63, 3.8) is 0 Å². The van der Waals surface area contributed by atoms with E-state index in [4.69, 9.17) is 14.0 Å². The monoisotopic (exact) mass is 489 g/mol. The quantitative estimate of drug-likeness (QED) is 0.579. The summed E-state index contributed by atoms with van der Waals surface area (Å²) in [7, 11) is -0.389. The van der Waals surface area contributed by atoms with Gasteiger partial charge in [0.1, 0.15) is 6.61 Å². The van der Waals surface area contributed by atoms with Gasteiger partial charge in [0, 0.05) is 6.54 Å². The van der Waals surface area contributed by atoms with Gasteiger partial charge in [-0.15, -0.1) is 0 Å². The molecule has 4 rings (SSSR count). The minimum atomic E-state index is -0.389. The van der Waals surface area contributed by atoms with E-state index in [1.54, 1.807) is 4.90 Å². The summed E-state index contributed by atoms with van der Waals surface area (Å²) >= 11 is 0. The van der Waals surface area contributed by atoms with Crippen LogP contribution in [0.1, 0.15) is 40.2 Å². The van der Waals surface area contributed by atoms with E-state index >= 15 is 0 Å². The zero-order chi connectivity index (χ0) is 23.2. The summed E-state index contributed by atoms with van der Waals surface area (Å²) in [6.07, 6.45) is 17.2. The number of hydrogen-bond donors (Lipinski definition) is 0. The number of carbonyl (C=O) groups is 1. The van der Waals surface area contributed by atoms with Crippen LogP contribution in [0.4, 0.5) is 4.79 Å². The molecule has 0 N–H and O–H groups in total. The molecule has 1 heterocycles. The van der Waals surface area contributed by atoms with Crippen molar-refractivity contribution in [2.24, 2.45) is 0 Å². The Bertz CT molecular complexity index is 707. The molecule has 0 atom stereocenters. The summed E-state index contributed by atoms with van der Waals surface area (Å²) in [5, 5.41) is 0. The summed E-state index contributed by atoms with van der Waals surface area (Å²) in [5.74, 6) is 0. The van der Waals surface area contributed by atoms with Crippen LogP contribution in [0, 0.1) is 63.8 Å². The van der Waals surface area contributed by atoms with Crippen LogP contribution in [0.5, 0.6) is 0 Å². The van der Waals surface area contributed by atoms with E-state index in [-0.39, 0.29) is 48.1 Å². The van der Waals surface area contributed by atoms with E-state index < -0.39 is 0 Å². The van der Waals surface area contributed by atoms with Gasteiger partial charge in [0.15, 0.2) is 0 Å². The molecule has 33 heavy (non-hydrogen) atoms. The standard InChI is InChI=1S/C21H27BNO4.C5H5.Fe/c1-6-23(18-9-7-8-10-18)19(24)25-15-16-11-13-17(14-12-16)22-26-20(2,3)21(4,5)27-22;1-2-4-5-3-1;/h7-14H,6,15H2,1-5H3;1-5H;/q;;+2. The molecule has 1 aliphatic heterocycles. The Kier molecular flexibility index (Phi) is 10.8. The van der Waals surface area contributed by atoms with Crippen LogP contribution in [-0.4, -0.2) is 35.9 Å². The second-order valence-corrected chi connectivity index (χ2v) is 8.73. The Morgan fingerprint density at radius 2 is 1.36 bits per heavy atom. The van der Waals surface area contributed by atoms with Gasteiger partial charge in [-0.25, -0.2) is 4.79 Å². The van der Waals surface area contributed by atoms with E-state index in [1.165, 1.54) is 0 Å². The maximum absolute atomic E-state index is 12.3. The smallest absolute Gasteiger partial charge is 0.445 e. The van der Waals surface area contributed by atoms with Crippen LogP contribution in [0.15, 0.2) is 24.3 Å². The van der Waals surface area contributed by atoms with E-state index in [1.807, 2.05) is 117 Å². The molecule has 7 heteroatoms. The summed E-state index contributed by atoms with van der Waals surface area (Å²) in [6.45, 7) is 10.8. The molecule has 0 aromatic heterocycles. The SMILES string of the molecule is CCN([C]1[CH][CH][CH][CH]1)C(=O)OCc1ccc(B2OC(C)(C)C(C)(C)O2)cc1.[CH]1[CH][CH][CH][CH]1.[Fe+2]. The second-order valence-electron chi connectivity index (χ2n) is 8.73. The normalized spacial score (nSPS) is 21.2. The van der Waals surface area contributed by atoms with Gasteiger partial charge in [0.05, 0.1) is 17.2 Å². The minimum absolute atomic E-state index is 0. The van der Waals surface area contributed by atoms with E-state index in [2.05, 4.69) is 0 Å². The zero-order valence-corrected chi connectivity index (χ0v) is 21.0. The molecule has 0 bridgehead atoms. The number of rotatable bonds is 5. The number of amides is 1. The van der Waals surface area contributed by atoms with Crippen molar-refractivity contribution in [1.29, 1.82) is 0 Å². The molecule has 3 fully saturated rings. The first-order valence-electron chi connectivity index (χ1n) is 11.0. The van der Waals surface area contributed by atoms with E-state index in [9.17, 15) is 4.79 Å². The fraction of sp³-hybridized carbons (Fsp3) is 0.346. The van der Waals surface area contributed by atoms with Gasteiger partial charge < -0.3 is 14.0 Å². The topological polar surface area (TPSA) is 48.0 Å². The second kappa shape index (κ2) is 12.6. The molecule has 1 saturated heterocycles. The average Bonchev–Trinajstić information content (AvgIpc) is 3.52.